The summed E-state index contributed by atoms with van der Waals surface area (Å²) in [7, 11) is 2.10. The van der Waals surface area contributed by atoms with Gasteiger partial charge in [0.1, 0.15) is 5.01 Å². The number of carboxylic acids is 1. The van der Waals surface area contributed by atoms with Crippen LogP contribution in [-0.4, -0.2) is 47.3 Å². The highest BCUT2D eigenvalue weighted by atomic mass is 32.1. The van der Waals surface area contributed by atoms with E-state index in [4.69, 9.17) is 9.84 Å². The third-order valence-electron chi connectivity index (χ3n) is 3.87. The van der Waals surface area contributed by atoms with Gasteiger partial charge in [-0.15, -0.1) is 11.3 Å². The fraction of sp³-hybridized carbons (Fsp3) is 0.375. The molecule has 0 radical (unpaired) electrons. The van der Waals surface area contributed by atoms with Crippen molar-refractivity contribution in [1.29, 1.82) is 0 Å². The third-order valence-corrected chi connectivity index (χ3v) is 4.81. The molecule has 22 heavy (non-hydrogen) atoms. The molecular formula is C16H18N2O3S. The first-order chi connectivity index (χ1) is 10.6. The van der Waals surface area contributed by atoms with Crippen molar-refractivity contribution < 1.29 is 14.6 Å². The van der Waals surface area contributed by atoms with Crippen LogP contribution in [0.5, 0.6) is 0 Å². The lowest BCUT2D eigenvalue weighted by atomic mass is 10.1. The van der Waals surface area contributed by atoms with E-state index in [1.165, 1.54) is 0 Å². The largest absolute Gasteiger partial charge is 0.478 e. The highest BCUT2D eigenvalue weighted by Crippen LogP contribution is 2.25. The van der Waals surface area contributed by atoms with Crippen LogP contribution in [-0.2, 0) is 11.3 Å². The molecule has 1 aromatic carbocycles. The van der Waals surface area contributed by atoms with E-state index < -0.39 is 5.97 Å². The van der Waals surface area contributed by atoms with Crippen molar-refractivity contribution in [3.05, 3.63) is 40.9 Å². The Morgan fingerprint density at radius 1 is 1.45 bits per heavy atom. The number of likely N-dealkylation sites (N-methyl/N-ethyl adjacent to an activating group) is 1. The maximum absolute atomic E-state index is 10.9. The smallest absolute Gasteiger partial charge is 0.335 e. The van der Waals surface area contributed by atoms with E-state index >= 15 is 0 Å². The van der Waals surface area contributed by atoms with E-state index in [9.17, 15) is 4.79 Å². The average Bonchev–Trinajstić information content (AvgIpc) is 3.19. The van der Waals surface area contributed by atoms with Crippen molar-refractivity contribution in [1.82, 2.24) is 9.88 Å². The molecule has 1 unspecified atom stereocenters. The maximum Gasteiger partial charge on any atom is 0.335 e. The van der Waals surface area contributed by atoms with Crippen LogP contribution in [0.4, 0.5) is 0 Å². The number of ether oxygens (including phenoxy) is 1. The Morgan fingerprint density at radius 3 is 2.86 bits per heavy atom. The van der Waals surface area contributed by atoms with Gasteiger partial charge in [0.2, 0.25) is 0 Å². The van der Waals surface area contributed by atoms with E-state index in [0.29, 0.717) is 11.6 Å². The van der Waals surface area contributed by atoms with Crippen LogP contribution in [0.1, 0.15) is 22.5 Å². The monoisotopic (exact) mass is 318 g/mol. The normalized spacial score (nSPS) is 18.0. The molecule has 2 heterocycles. The summed E-state index contributed by atoms with van der Waals surface area (Å²) < 4.78 is 5.41. The quantitative estimate of drug-likeness (QED) is 0.918. The summed E-state index contributed by atoms with van der Waals surface area (Å²) in [4.78, 5) is 17.8. The second kappa shape index (κ2) is 6.56. The van der Waals surface area contributed by atoms with Gasteiger partial charge in [-0.05, 0) is 25.6 Å². The number of thiazole rings is 1. The lowest BCUT2D eigenvalue weighted by Gasteiger charge is -2.21. The van der Waals surface area contributed by atoms with Crippen molar-refractivity contribution in [3.8, 4) is 10.6 Å². The zero-order valence-corrected chi connectivity index (χ0v) is 13.2. The number of carbonyl (C=O) groups is 1. The lowest BCUT2D eigenvalue weighted by molar-refractivity contribution is 0.0697. The fourth-order valence-corrected chi connectivity index (χ4v) is 3.34. The molecule has 0 amide bonds. The van der Waals surface area contributed by atoms with Crippen molar-refractivity contribution >= 4 is 17.3 Å². The molecule has 1 aliphatic rings. The number of aromatic carboxylic acids is 1. The lowest BCUT2D eigenvalue weighted by Crippen LogP contribution is -2.31. The van der Waals surface area contributed by atoms with E-state index in [1.54, 1.807) is 35.6 Å². The standard InChI is InChI=1S/C16H18N2O3S/c1-18(14-6-7-21-9-14)8-13-10-22-15(17-13)11-2-4-12(5-3-11)16(19)20/h2-5,10,14H,6-9H2,1H3,(H,19,20). The Kier molecular flexibility index (Phi) is 4.52. The molecule has 1 aromatic heterocycles. The fourth-order valence-electron chi connectivity index (χ4n) is 2.52. The maximum atomic E-state index is 10.9. The third kappa shape index (κ3) is 3.35. The van der Waals surface area contributed by atoms with Gasteiger partial charge in [-0.2, -0.15) is 0 Å². The molecule has 116 valence electrons. The Labute approximate surface area is 133 Å². The number of nitrogens with zero attached hydrogens (tertiary/aromatic N) is 2. The molecular weight excluding hydrogens is 300 g/mol. The van der Waals surface area contributed by atoms with E-state index in [2.05, 4.69) is 22.3 Å². The van der Waals surface area contributed by atoms with Crippen molar-refractivity contribution in [2.45, 2.75) is 19.0 Å². The molecule has 0 saturated carbocycles. The average molecular weight is 318 g/mol. The van der Waals surface area contributed by atoms with Crippen LogP contribution in [0.3, 0.4) is 0 Å². The molecule has 0 aliphatic carbocycles. The summed E-state index contributed by atoms with van der Waals surface area (Å²) in [6, 6.07) is 7.31. The molecule has 6 heteroatoms. The van der Waals surface area contributed by atoms with E-state index in [0.717, 1.165) is 42.4 Å². The summed E-state index contributed by atoms with van der Waals surface area (Å²) in [6.45, 7) is 2.44. The number of hydrogen-bond acceptors (Lipinski definition) is 5. The van der Waals surface area contributed by atoms with Gasteiger partial charge in [-0.25, -0.2) is 9.78 Å². The Balaban J connectivity index is 1.68. The summed E-state index contributed by atoms with van der Waals surface area (Å²) in [5.41, 5.74) is 2.28. The highest BCUT2D eigenvalue weighted by Gasteiger charge is 2.21. The predicted octanol–water partition coefficient (Wildman–Crippen LogP) is 2.73. The van der Waals surface area contributed by atoms with Crippen LogP contribution < -0.4 is 0 Å². The number of benzene rings is 1. The molecule has 1 N–H and O–H groups in total. The molecule has 3 rings (SSSR count). The van der Waals surface area contributed by atoms with Crippen molar-refractivity contribution in [3.63, 3.8) is 0 Å². The zero-order valence-electron chi connectivity index (χ0n) is 12.4. The van der Waals surface area contributed by atoms with Gasteiger partial charge in [0.15, 0.2) is 0 Å². The SMILES string of the molecule is CN(Cc1csc(-c2ccc(C(=O)O)cc2)n1)C1CCOC1. The molecule has 1 aliphatic heterocycles. The zero-order chi connectivity index (χ0) is 15.5. The topological polar surface area (TPSA) is 62.7 Å². The first-order valence-electron chi connectivity index (χ1n) is 7.19. The van der Waals surface area contributed by atoms with Crippen LogP contribution in [0.15, 0.2) is 29.6 Å². The van der Waals surface area contributed by atoms with Crippen molar-refractivity contribution in [2.24, 2.45) is 0 Å². The molecule has 5 nitrogen and oxygen atoms in total. The number of hydrogen-bond donors (Lipinski definition) is 1. The minimum Gasteiger partial charge on any atom is -0.478 e. The van der Waals surface area contributed by atoms with Crippen LogP contribution in [0.25, 0.3) is 10.6 Å². The number of aromatic nitrogens is 1. The number of rotatable bonds is 5. The molecule has 1 fully saturated rings. The van der Waals surface area contributed by atoms with Gasteiger partial charge < -0.3 is 9.84 Å². The minimum atomic E-state index is -0.910. The van der Waals surface area contributed by atoms with Gasteiger partial charge in [-0.1, -0.05) is 12.1 Å². The van der Waals surface area contributed by atoms with E-state index in [1.807, 2.05) is 0 Å². The highest BCUT2D eigenvalue weighted by molar-refractivity contribution is 7.13. The van der Waals surface area contributed by atoms with Crippen LogP contribution in [0.2, 0.25) is 0 Å². The van der Waals surface area contributed by atoms with Crippen molar-refractivity contribution in [2.75, 3.05) is 20.3 Å². The molecule has 1 saturated heterocycles. The summed E-state index contributed by atoms with van der Waals surface area (Å²) >= 11 is 1.58. The summed E-state index contributed by atoms with van der Waals surface area (Å²) in [6.07, 6.45) is 1.07. The van der Waals surface area contributed by atoms with Crippen LogP contribution in [0, 0.1) is 0 Å². The Morgan fingerprint density at radius 2 is 2.23 bits per heavy atom. The molecule has 0 bridgehead atoms. The molecule has 0 spiro atoms. The second-order valence-corrected chi connectivity index (χ2v) is 6.32. The van der Waals surface area contributed by atoms with Gasteiger partial charge in [0, 0.05) is 30.1 Å². The predicted molar refractivity (Wildman–Crippen MR) is 85.2 cm³/mol. The summed E-state index contributed by atoms with van der Waals surface area (Å²) in [5, 5.41) is 11.9. The Bertz CT molecular complexity index is 648. The second-order valence-electron chi connectivity index (χ2n) is 5.46. The van der Waals surface area contributed by atoms with Gasteiger partial charge in [0.05, 0.1) is 17.9 Å². The minimum absolute atomic E-state index is 0.293. The van der Waals surface area contributed by atoms with E-state index in [-0.39, 0.29) is 0 Å². The van der Waals surface area contributed by atoms with Gasteiger partial charge in [0.25, 0.3) is 0 Å². The summed E-state index contributed by atoms with van der Waals surface area (Å²) in [5.74, 6) is -0.910. The first-order valence-corrected chi connectivity index (χ1v) is 8.07. The number of carboxylic acid groups (broad SMARTS) is 1. The Hall–Kier alpha value is -1.76. The van der Waals surface area contributed by atoms with Gasteiger partial charge >= 0.3 is 5.97 Å². The van der Waals surface area contributed by atoms with Crippen LogP contribution >= 0.6 is 11.3 Å². The first kappa shape index (κ1) is 15.1. The van der Waals surface area contributed by atoms with Gasteiger partial charge in [-0.3, -0.25) is 4.90 Å². The molecule has 1 atom stereocenters. The molecule has 2 aromatic rings.